The van der Waals surface area contributed by atoms with Gasteiger partial charge in [0.25, 0.3) is 0 Å². The number of carbonyl (C=O) groups excluding carboxylic acids is 1. The number of rotatable bonds is 34. The number of hydrogen-bond donors (Lipinski definition) is 3. The molecule has 0 radical (unpaired) electrons. The van der Waals surface area contributed by atoms with Gasteiger partial charge in [-0.15, -0.1) is 0 Å². The Morgan fingerprint density at radius 1 is 0.717 bits per heavy atom. The fraction of sp³-hybridized carbons (Fsp3) is 0.919. The molecule has 0 rings (SSSR count). The molecule has 0 aromatic carbocycles. The lowest BCUT2D eigenvalue weighted by Gasteiger charge is -2.25. The molecule has 0 saturated carbocycles. The average Bonchev–Trinajstić information content (AvgIpc) is 2.99. The van der Waals surface area contributed by atoms with Crippen molar-refractivity contribution >= 4 is 13.7 Å². The minimum absolute atomic E-state index is 0.0638. The number of nitrogens with one attached hydrogen (secondary N) is 1. The highest BCUT2D eigenvalue weighted by molar-refractivity contribution is 7.47. The number of nitrogens with zero attached hydrogens (tertiary/aromatic N) is 1. The molecule has 3 atom stereocenters. The van der Waals surface area contributed by atoms with Gasteiger partial charge in [-0.3, -0.25) is 13.8 Å². The molecule has 0 aliphatic carbocycles. The zero-order chi connectivity index (χ0) is 34.4. The van der Waals surface area contributed by atoms with Crippen LogP contribution in [0.25, 0.3) is 0 Å². The SMILES string of the molecule is CCCCCCCCCCCCCCCCC/C=C/[C@H](O)[C@@H](COP(=O)(O)OCC[N+](C)(C)C)NC(=O)CCCCCCCCC. The van der Waals surface area contributed by atoms with Gasteiger partial charge in [0.15, 0.2) is 0 Å². The van der Waals surface area contributed by atoms with E-state index in [1.165, 1.54) is 109 Å². The van der Waals surface area contributed by atoms with Crippen molar-refractivity contribution in [3.63, 3.8) is 0 Å². The average molecular weight is 676 g/mol. The van der Waals surface area contributed by atoms with Crippen molar-refractivity contribution < 1.29 is 32.9 Å². The summed E-state index contributed by atoms with van der Waals surface area (Å²) < 4.78 is 23.4. The van der Waals surface area contributed by atoms with Crippen LogP contribution in [-0.4, -0.2) is 73.4 Å². The topological polar surface area (TPSA) is 105 Å². The quantitative estimate of drug-likeness (QED) is 0.0272. The molecule has 0 fully saturated rings. The number of phosphoric acid groups is 1. The number of carbonyl (C=O) groups is 1. The second kappa shape index (κ2) is 30.3. The third-order valence-electron chi connectivity index (χ3n) is 8.51. The van der Waals surface area contributed by atoms with Crippen molar-refractivity contribution in [1.82, 2.24) is 5.32 Å². The van der Waals surface area contributed by atoms with Crippen LogP contribution in [-0.2, 0) is 18.4 Å². The van der Waals surface area contributed by atoms with Gasteiger partial charge in [0.2, 0.25) is 5.91 Å². The maximum absolute atomic E-state index is 12.7. The second-order valence-corrected chi connectivity index (χ2v) is 15.8. The van der Waals surface area contributed by atoms with E-state index in [4.69, 9.17) is 9.05 Å². The Kier molecular flexibility index (Phi) is 29.8. The number of amides is 1. The van der Waals surface area contributed by atoms with E-state index in [1.807, 2.05) is 27.2 Å². The van der Waals surface area contributed by atoms with Gasteiger partial charge >= 0.3 is 7.82 Å². The fourth-order valence-electron chi connectivity index (χ4n) is 5.39. The minimum Gasteiger partial charge on any atom is -0.387 e. The van der Waals surface area contributed by atoms with Crippen LogP contribution in [0.4, 0.5) is 0 Å². The number of likely N-dealkylation sites (N-methyl/N-ethyl adjacent to an activating group) is 1. The molecular weight excluding hydrogens is 599 g/mol. The number of quaternary nitrogens is 1. The Balaban J connectivity index is 4.42. The smallest absolute Gasteiger partial charge is 0.387 e. The summed E-state index contributed by atoms with van der Waals surface area (Å²) in [7, 11) is 1.57. The summed E-state index contributed by atoms with van der Waals surface area (Å²) in [6.45, 7) is 4.75. The zero-order valence-corrected chi connectivity index (χ0v) is 31.7. The molecule has 0 aromatic heterocycles. The Labute approximate surface area is 284 Å². The van der Waals surface area contributed by atoms with E-state index in [2.05, 4.69) is 19.2 Å². The third-order valence-corrected chi connectivity index (χ3v) is 9.49. The van der Waals surface area contributed by atoms with Gasteiger partial charge in [-0.2, -0.15) is 0 Å². The normalized spacial score (nSPS) is 14.8. The monoisotopic (exact) mass is 676 g/mol. The highest BCUT2D eigenvalue weighted by atomic mass is 31.2. The molecule has 8 nitrogen and oxygen atoms in total. The minimum atomic E-state index is -4.32. The Morgan fingerprint density at radius 3 is 1.61 bits per heavy atom. The van der Waals surface area contributed by atoms with Crippen molar-refractivity contribution in [2.75, 3.05) is 40.9 Å². The fourth-order valence-corrected chi connectivity index (χ4v) is 6.13. The largest absolute Gasteiger partial charge is 0.472 e. The van der Waals surface area contributed by atoms with Gasteiger partial charge in [0.05, 0.1) is 39.9 Å². The van der Waals surface area contributed by atoms with Crippen LogP contribution in [0, 0.1) is 0 Å². The van der Waals surface area contributed by atoms with Crippen LogP contribution in [0.5, 0.6) is 0 Å². The summed E-state index contributed by atoms with van der Waals surface area (Å²) in [6.07, 6.45) is 31.4. The van der Waals surface area contributed by atoms with E-state index in [1.54, 1.807) is 6.08 Å². The number of hydrogen-bond acceptors (Lipinski definition) is 5. The molecule has 0 aliphatic rings. The van der Waals surface area contributed by atoms with Crippen LogP contribution in [0.15, 0.2) is 12.2 Å². The van der Waals surface area contributed by atoms with Gasteiger partial charge in [0, 0.05) is 6.42 Å². The molecule has 1 amide bonds. The summed E-state index contributed by atoms with van der Waals surface area (Å²) in [5, 5.41) is 13.7. The maximum Gasteiger partial charge on any atom is 0.472 e. The van der Waals surface area contributed by atoms with E-state index < -0.39 is 20.0 Å². The van der Waals surface area contributed by atoms with Crippen LogP contribution in [0.2, 0.25) is 0 Å². The van der Waals surface area contributed by atoms with Gasteiger partial charge in [-0.25, -0.2) is 4.57 Å². The molecule has 0 spiro atoms. The summed E-state index contributed by atoms with van der Waals surface area (Å²) in [5.41, 5.74) is 0. The molecule has 46 heavy (non-hydrogen) atoms. The first-order valence-corrected chi connectivity index (χ1v) is 20.6. The van der Waals surface area contributed by atoms with E-state index in [9.17, 15) is 19.4 Å². The second-order valence-electron chi connectivity index (χ2n) is 14.3. The molecule has 0 saturated heterocycles. The Bertz CT molecular complexity index is 773. The highest BCUT2D eigenvalue weighted by Gasteiger charge is 2.27. The summed E-state index contributed by atoms with van der Waals surface area (Å²) in [6, 6.07) is -0.836. The molecular formula is C37H76N2O6P+. The molecule has 0 aromatic rings. The predicted molar refractivity (Wildman–Crippen MR) is 194 cm³/mol. The third kappa shape index (κ3) is 31.8. The van der Waals surface area contributed by atoms with Crippen molar-refractivity contribution in [3.8, 4) is 0 Å². The number of phosphoric ester groups is 1. The first kappa shape index (κ1) is 45.2. The van der Waals surface area contributed by atoms with Crippen molar-refractivity contribution in [3.05, 3.63) is 12.2 Å². The lowest BCUT2D eigenvalue weighted by Crippen LogP contribution is -2.45. The summed E-state index contributed by atoms with van der Waals surface area (Å²) in [4.78, 5) is 22.8. The molecule has 9 heteroatoms. The van der Waals surface area contributed by atoms with Crippen LogP contribution in [0.1, 0.15) is 168 Å². The van der Waals surface area contributed by atoms with E-state index in [0.29, 0.717) is 17.4 Å². The van der Waals surface area contributed by atoms with Crippen molar-refractivity contribution in [2.24, 2.45) is 0 Å². The van der Waals surface area contributed by atoms with E-state index in [-0.39, 0.29) is 19.1 Å². The lowest BCUT2D eigenvalue weighted by atomic mass is 10.0. The lowest BCUT2D eigenvalue weighted by molar-refractivity contribution is -0.870. The number of unbranched alkanes of at least 4 members (excludes halogenated alkanes) is 21. The van der Waals surface area contributed by atoms with E-state index in [0.717, 1.165) is 38.5 Å². The van der Waals surface area contributed by atoms with Crippen molar-refractivity contribution in [2.45, 2.75) is 180 Å². The zero-order valence-electron chi connectivity index (χ0n) is 30.8. The van der Waals surface area contributed by atoms with Gasteiger partial charge < -0.3 is 19.8 Å². The van der Waals surface area contributed by atoms with Crippen LogP contribution >= 0.6 is 7.82 Å². The number of aliphatic hydroxyl groups excluding tert-OH is 1. The maximum atomic E-state index is 12.7. The summed E-state index contributed by atoms with van der Waals surface area (Å²) in [5.74, 6) is -0.184. The van der Waals surface area contributed by atoms with Gasteiger partial charge in [0.1, 0.15) is 13.2 Å². The molecule has 274 valence electrons. The molecule has 0 bridgehead atoms. The van der Waals surface area contributed by atoms with Gasteiger partial charge in [-0.05, 0) is 19.3 Å². The highest BCUT2D eigenvalue weighted by Crippen LogP contribution is 2.43. The predicted octanol–water partition coefficient (Wildman–Crippen LogP) is 9.63. The standard InChI is InChI=1S/C37H75N2O6P/c1-6-8-10-12-14-15-16-17-18-19-20-21-22-23-25-26-28-30-36(40)35(34-45-46(42,43)44-33-32-39(3,4)5)38-37(41)31-29-27-24-13-11-9-7-2/h28,30,35-36,40H,6-27,29,31-34H2,1-5H3,(H-,38,41,42,43)/p+1/b30-28+/t35-,36+/m1/s1. The Hall–Kier alpha value is -0.760. The van der Waals surface area contributed by atoms with E-state index >= 15 is 0 Å². The molecule has 1 unspecified atom stereocenters. The summed E-state index contributed by atoms with van der Waals surface area (Å²) >= 11 is 0. The number of allylic oxidation sites excluding steroid dienone is 1. The number of aliphatic hydroxyl groups is 1. The molecule has 0 heterocycles. The Morgan fingerprint density at radius 2 is 1.15 bits per heavy atom. The molecule has 3 N–H and O–H groups in total. The van der Waals surface area contributed by atoms with Gasteiger partial charge in [-0.1, -0.05) is 154 Å². The van der Waals surface area contributed by atoms with Crippen LogP contribution < -0.4 is 5.32 Å². The van der Waals surface area contributed by atoms with Crippen LogP contribution in [0.3, 0.4) is 0 Å². The first-order chi connectivity index (χ1) is 22.0. The molecule has 0 aliphatic heterocycles. The van der Waals surface area contributed by atoms with Crippen molar-refractivity contribution in [1.29, 1.82) is 0 Å². The first-order valence-electron chi connectivity index (χ1n) is 19.1.